The van der Waals surface area contributed by atoms with Crippen LogP contribution in [0.4, 0.5) is 0 Å². The first-order valence-corrected chi connectivity index (χ1v) is 7.67. The molecule has 0 aromatic carbocycles. The summed E-state index contributed by atoms with van der Waals surface area (Å²) < 4.78 is 0. The molecule has 4 aliphatic rings. The maximum Gasteiger partial charge on any atom is 0.101 e. The van der Waals surface area contributed by atoms with Crippen molar-refractivity contribution in [3.05, 3.63) is 0 Å². The van der Waals surface area contributed by atoms with Crippen LogP contribution >= 0.6 is 0 Å². The highest BCUT2D eigenvalue weighted by Gasteiger charge is 2.67. The van der Waals surface area contributed by atoms with Crippen LogP contribution in [-0.4, -0.2) is 12.6 Å². The topological polar surface area (TPSA) is 16.6 Å². The standard InChI is InChI=1S/C16H29N/c1-11(2)16(17-5)10-13-14(3)6-7-15(13,4)9-12(16)8-14/h11-13,17H,6-10H2,1-5H3/p+1. The van der Waals surface area contributed by atoms with E-state index in [9.17, 15) is 0 Å². The molecule has 0 aromatic rings. The van der Waals surface area contributed by atoms with E-state index < -0.39 is 0 Å². The predicted octanol–water partition coefficient (Wildman–Crippen LogP) is 2.81. The van der Waals surface area contributed by atoms with Crippen LogP contribution in [-0.2, 0) is 0 Å². The number of nitrogens with two attached hydrogens (primary N) is 1. The van der Waals surface area contributed by atoms with Crippen LogP contribution in [0.3, 0.4) is 0 Å². The molecule has 0 aromatic heterocycles. The van der Waals surface area contributed by atoms with Gasteiger partial charge >= 0.3 is 0 Å². The van der Waals surface area contributed by atoms with Crippen molar-refractivity contribution in [1.82, 2.24) is 0 Å². The molecule has 3 atom stereocenters. The SMILES string of the molecule is C[NH2+]C1(C(C)C)CC2C3(C)CCC2(C)CC1C3. The Morgan fingerprint density at radius 3 is 1.88 bits per heavy atom. The van der Waals surface area contributed by atoms with Gasteiger partial charge < -0.3 is 5.32 Å². The molecule has 1 nitrogen and oxygen atoms in total. The van der Waals surface area contributed by atoms with Gasteiger partial charge in [-0.2, -0.15) is 0 Å². The van der Waals surface area contributed by atoms with Gasteiger partial charge in [0.05, 0.1) is 7.05 Å². The third-order valence-corrected chi connectivity index (χ3v) is 7.31. The van der Waals surface area contributed by atoms with Crippen molar-refractivity contribution in [1.29, 1.82) is 0 Å². The van der Waals surface area contributed by atoms with E-state index in [0.717, 1.165) is 17.8 Å². The largest absolute Gasteiger partial charge is 0.343 e. The van der Waals surface area contributed by atoms with Gasteiger partial charge in [-0.3, -0.25) is 0 Å². The molecule has 4 rings (SSSR count). The van der Waals surface area contributed by atoms with Crippen LogP contribution in [0, 0.1) is 28.6 Å². The molecule has 1 heteroatoms. The molecule has 4 saturated carbocycles. The molecule has 2 N–H and O–H groups in total. The van der Waals surface area contributed by atoms with Crippen molar-refractivity contribution in [2.45, 2.75) is 65.3 Å². The molecule has 0 heterocycles. The molecule has 0 amide bonds. The number of hydrogen-bond donors (Lipinski definition) is 1. The van der Waals surface area contributed by atoms with E-state index in [2.05, 4.69) is 40.1 Å². The monoisotopic (exact) mass is 236 g/mol. The molecule has 0 saturated heterocycles. The molecule has 0 spiro atoms. The number of hydrogen-bond acceptors (Lipinski definition) is 0. The Kier molecular flexibility index (Phi) is 2.32. The zero-order valence-electron chi connectivity index (χ0n) is 12.3. The molecule has 0 radical (unpaired) electrons. The van der Waals surface area contributed by atoms with E-state index in [1.54, 1.807) is 0 Å². The summed E-state index contributed by atoms with van der Waals surface area (Å²) in [5.41, 5.74) is 1.95. The lowest BCUT2D eigenvalue weighted by atomic mass is 9.45. The summed E-state index contributed by atoms with van der Waals surface area (Å²) in [5, 5.41) is 2.58. The van der Waals surface area contributed by atoms with Gasteiger partial charge in [-0.05, 0) is 42.4 Å². The Balaban J connectivity index is 2.00. The minimum Gasteiger partial charge on any atom is -0.343 e. The second-order valence-electron chi connectivity index (χ2n) is 8.23. The first-order valence-electron chi connectivity index (χ1n) is 7.67. The Morgan fingerprint density at radius 2 is 1.53 bits per heavy atom. The summed E-state index contributed by atoms with van der Waals surface area (Å²) in [4.78, 5) is 0. The van der Waals surface area contributed by atoms with Crippen LogP contribution < -0.4 is 5.32 Å². The van der Waals surface area contributed by atoms with Crippen molar-refractivity contribution in [3.63, 3.8) is 0 Å². The van der Waals surface area contributed by atoms with Gasteiger partial charge in [-0.25, -0.2) is 0 Å². The minimum atomic E-state index is 0.564. The highest BCUT2D eigenvalue weighted by Crippen LogP contribution is 2.71. The third kappa shape index (κ3) is 1.30. The Labute approximate surface area is 107 Å². The molecular formula is C16H30N+. The van der Waals surface area contributed by atoms with E-state index in [1.165, 1.54) is 32.1 Å². The molecule has 3 unspecified atom stereocenters. The van der Waals surface area contributed by atoms with E-state index in [4.69, 9.17) is 0 Å². The quantitative estimate of drug-likeness (QED) is 0.759. The van der Waals surface area contributed by atoms with Crippen molar-refractivity contribution >= 4 is 0 Å². The summed E-state index contributed by atoms with van der Waals surface area (Å²) in [5.74, 6) is 2.79. The number of fused-ring (bicyclic) bond motifs is 1. The van der Waals surface area contributed by atoms with Gasteiger partial charge in [-0.15, -0.1) is 0 Å². The maximum absolute atomic E-state index is 2.59. The van der Waals surface area contributed by atoms with E-state index in [1.807, 2.05) is 0 Å². The molecular weight excluding hydrogens is 206 g/mol. The molecule has 4 aliphatic carbocycles. The fourth-order valence-corrected chi connectivity index (χ4v) is 6.23. The minimum absolute atomic E-state index is 0.564. The molecule has 4 bridgehead atoms. The number of quaternary nitrogens is 1. The van der Waals surface area contributed by atoms with Crippen molar-refractivity contribution in [3.8, 4) is 0 Å². The summed E-state index contributed by atoms with van der Waals surface area (Å²) in [6, 6.07) is 0. The highest BCUT2D eigenvalue weighted by molar-refractivity contribution is 5.15. The van der Waals surface area contributed by atoms with Gasteiger partial charge in [0.25, 0.3) is 0 Å². The van der Waals surface area contributed by atoms with Crippen LogP contribution in [0.5, 0.6) is 0 Å². The first-order chi connectivity index (χ1) is 7.86. The Hall–Kier alpha value is -0.0400. The Morgan fingerprint density at radius 1 is 1.00 bits per heavy atom. The summed E-state index contributed by atoms with van der Waals surface area (Å²) in [6.07, 6.45) is 7.51. The van der Waals surface area contributed by atoms with Crippen molar-refractivity contribution in [2.24, 2.45) is 28.6 Å². The van der Waals surface area contributed by atoms with Gasteiger partial charge in [0.1, 0.15) is 5.54 Å². The van der Waals surface area contributed by atoms with E-state index in [0.29, 0.717) is 16.4 Å². The van der Waals surface area contributed by atoms with Crippen molar-refractivity contribution < 1.29 is 5.32 Å². The van der Waals surface area contributed by atoms with Crippen LogP contribution in [0.1, 0.15) is 59.8 Å². The fraction of sp³-hybridized carbons (Fsp3) is 1.00. The Bertz CT molecular complexity index is 316. The molecule has 98 valence electrons. The van der Waals surface area contributed by atoms with Gasteiger partial charge in [0.2, 0.25) is 0 Å². The molecule has 4 fully saturated rings. The van der Waals surface area contributed by atoms with E-state index >= 15 is 0 Å². The first kappa shape index (κ1) is 12.0. The maximum atomic E-state index is 2.59. The van der Waals surface area contributed by atoms with Crippen LogP contribution in [0.2, 0.25) is 0 Å². The predicted molar refractivity (Wildman–Crippen MR) is 71.7 cm³/mol. The normalized spacial score (nSPS) is 56.8. The van der Waals surface area contributed by atoms with Gasteiger partial charge in [0.15, 0.2) is 0 Å². The average Bonchev–Trinajstić information content (AvgIpc) is 2.42. The van der Waals surface area contributed by atoms with Crippen molar-refractivity contribution in [2.75, 3.05) is 7.05 Å². The lowest BCUT2D eigenvalue weighted by molar-refractivity contribution is -0.729. The smallest absolute Gasteiger partial charge is 0.101 e. The second kappa shape index (κ2) is 3.29. The van der Waals surface area contributed by atoms with Crippen LogP contribution in [0.15, 0.2) is 0 Å². The van der Waals surface area contributed by atoms with Crippen LogP contribution in [0.25, 0.3) is 0 Å². The molecule has 0 aliphatic heterocycles. The lowest BCUT2D eigenvalue weighted by Gasteiger charge is -2.61. The average molecular weight is 236 g/mol. The molecule has 17 heavy (non-hydrogen) atoms. The zero-order chi connectivity index (χ0) is 12.5. The third-order valence-electron chi connectivity index (χ3n) is 7.31. The summed E-state index contributed by atoms with van der Waals surface area (Å²) >= 11 is 0. The highest BCUT2D eigenvalue weighted by atomic mass is 15.0. The number of rotatable bonds is 2. The summed E-state index contributed by atoms with van der Waals surface area (Å²) in [7, 11) is 2.33. The second-order valence-corrected chi connectivity index (χ2v) is 8.23. The van der Waals surface area contributed by atoms with E-state index in [-0.39, 0.29) is 0 Å². The zero-order valence-corrected chi connectivity index (χ0v) is 12.3. The fourth-order valence-electron chi connectivity index (χ4n) is 6.23. The van der Waals surface area contributed by atoms with Gasteiger partial charge in [-0.1, -0.05) is 27.7 Å². The summed E-state index contributed by atoms with van der Waals surface area (Å²) in [6.45, 7) is 10.1. The van der Waals surface area contributed by atoms with Gasteiger partial charge in [0, 0.05) is 18.3 Å². The lowest BCUT2D eigenvalue weighted by Crippen LogP contribution is -2.99.